The first-order valence-corrected chi connectivity index (χ1v) is 10.3. The lowest BCUT2D eigenvalue weighted by atomic mass is 10.0. The fourth-order valence-electron chi connectivity index (χ4n) is 3.67. The molecule has 1 fully saturated rings. The van der Waals surface area contributed by atoms with Crippen molar-refractivity contribution in [2.75, 3.05) is 16.8 Å². The number of fused-ring (bicyclic) bond motifs is 1. The quantitative estimate of drug-likeness (QED) is 0.718. The first-order chi connectivity index (χ1) is 14.8. The highest BCUT2D eigenvalue weighted by molar-refractivity contribution is 6.33. The molecule has 2 atom stereocenters. The number of imide groups is 1. The molecule has 2 aromatic carbocycles. The Balaban J connectivity index is 1.48. The second kappa shape index (κ2) is 8.11. The fraction of sp³-hybridized carbons (Fsp3) is 0.318. The summed E-state index contributed by atoms with van der Waals surface area (Å²) in [4.78, 5) is 39.5. The normalized spacial score (nSPS) is 20.0. The molecule has 0 unspecified atom stereocenters. The number of nitrogens with one attached hydrogen (secondary N) is 1. The van der Waals surface area contributed by atoms with Crippen molar-refractivity contribution >= 4 is 40.7 Å². The lowest BCUT2D eigenvalue weighted by molar-refractivity contribution is -0.123. The topological polar surface area (TPSA) is 94.4 Å². The molecule has 31 heavy (non-hydrogen) atoms. The minimum absolute atomic E-state index is 0.228. The van der Waals surface area contributed by atoms with Crippen molar-refractivity contribution < 1.29 is 14.4 Å². The summed E-state index contributed by atoms with van der Waals surface area (Å²) in [5.74, 6) is -0.965. The van der Waals surface area contributed by atoms with Crippen LogP contribution in [0, 0.1) is 6.92 Å². The Morgan fingerprint density at radius 3 is 2.48 bits per heavy atom. The molecule has 160 valence electrons. The molecule has 9 heteroatoms. The van der Waals surface area contributed by atoms with Crippen LogP contribution in [0.25, 0.3) is 0 Å². The molecule has 1 N–H and O–H groups in total. The van der Waals surface area contributed by atoms with E-state index in [2.05, 4.69) is 29.5 Å². The Bertz CT molecular complexity index is 1080. The summed E-state index contributed by atoms with van der Waals surface area (Å²) >= 11 is 6.16. The first kappa shape index (κ1) is 21.0. The predicted molar refractivity (Wildman–Crippen MR) is 117 cm³/mol. The molecule has 4 rings (SSSR count). The van der Waals surface area contributed by atoms with E-state index in [1.807, 2.05) is 25.1 Å². The van der Waals surface area contributed by atoms with Gasteiger partial charge in [-0.05, 0) is 48.2 Å². The number of rotatable bonds is 5. The Labute approximate surface area is 184 Å². The molecule has 0 aromatic heterocycles. The number of amides is 3. The molecule has 1 saturated heterocycles. The zero-order chi connectivity index (χ0) is 22.3. The SMILES string of the molecule is Cc1ccc(NC(=O)CN2N=N[C@H]3C(=O)N(c4ccc(C(C)C)cc4)C(=O)[C@H]32)c(Cl)c1. The van der Waals surface area contributed by atoms with E-state index in [4.69, 9.17) is 11.6 Å². The van der Waals surface area contributed by atoms with Crippen molar-refractivity contribution in [3.63, 3.8) is 0 Å². The summed E-state index contributed by atoms with van der Waals surface area (Å²) in [5, 5.41) is 12.2. The highest BCUT2D eigenvalue weighted by Gasteiger charge is 2.55. The summed E-state index contributed by atoms with van der Waals surface area (Å²) in [7, 11) is 0. The molecular weight excluding hydrogens is 418 g/mol. The third-order valence-electron chi connectivity index (χ3n) is 5.38. The van der Waals surface area contributed by atoms with Crippen LogP contribution < -0.4 is 10.2 Å². The number of carbonyl (C=O) groups is 3. The van der Waals surface area contributed by atoms with Gasteiger partial charge in [0.25, 0.3) is 11.8 Å². The molecule has 3 amide bonds. The second-order valence-corrected chi connectivity index (χ2v) is 8.39. The maximum Gasteiger partial charge on any atom is 0.263 e. The molecule has 2 aliphatic heterocycles. The van der Waals surface area contributed by atoms with Gasteiger partial charge in [-0.3, -0.25) is 19.4 Å². The lowest BCUT2D eigenvalue weighted by Gasteiger charge is -2.20. The number of hydrogen-bond donors (Lipinski definition) is 1. The largest absolute Gasteiger partial charge is 0.323 e. The summed E-state index contributed by atoms with van der Waals surface area (Å²) in [6, 6.07) is 10.7. The Morgan fingerprint density at radius 1 is 1.13 bits per heavy atom. The van der Waals surface area contributed by atoms with Crippen LogP contribution in [0.2, 0.25) is 5.02 Å². The average Bonchev–Trinajstić information content (AvgIpc) is 3.24. The molecule has 0 bridgehead atoms. The Kier molecular flexibility index (Phi) is 5.49. The van der Waals surface area contributed by atoms with Gasteiger partial charge in [-0.1, -0.05) is 48.9 Å². The molecule has 0 spiro atoms. The van der Waals surface area contributed by atoms with Gasteiger partial charge < -0.3 is 5.32 Å². The van der Waals surface area contributed by atoms with Gasteiger partial charge in [-0.15, -0.1) is 0 Å². The second-order valence-electron chi connectivity index (χ2n) is 7.98. The first-order valence-electron chi connectivity index (χ1n) is 9.97. The van der Waals surface area contributed by atoms with Gasteiger partial charge in [0.1, 0.15) is 6.54 Å². The number of benzene rings is 2. The summed E-state index contributed by atoms with van der Waals surface area (Å²) in [6.45, 7) is 5.80. The smallest absolute Gasteiger partial charge is 0.263 e. The number of anilines is 2. The molecule has 0 aliphatic carbocycles. The standard InChI is InChI=1S/C22H22ClN5O3/c1-12(2)14-5-7-15(8-6-14)28-21(30)19-20(22(28)31)27(26-25-19)11-18(29)24-17-9-4-13(3)10-16(17)23/h4-10,12,19-20H,11H2,1-3H3,(H,24,29)/t19-,20+/m1/s1. The highest BCUT2D eigenvalue weighted by Crippen LogP contribution is 2.32. The maximum atomic E-state index is 13.0. The lowest BCUT2D eigenvalue weighted by Crippen LogP contribution is -2.43. The molecule has 0 saturated carbocycles. The average molecular weight is 440 g/mol. The summed E-state index contributed by atoms with van der Waals surface area (Å²) in [5.41, 5.74) is 3.03. The minimum atomic E-state index is -0.951. The zero-order valence-corrected chi connectivity index (χ0v) is 18.1. The Morgan fingerprint density at radius 2 is 1.84 bits per heavy atom. The third kappa shape index (κ3) is 3.90. The van der Waals surface area contributed by atoms with Crippen molar-refractivity contribution in [3.05, 3.63) is 58.6 Å². The van der Waals surface area contributed by atoms with Crippen molar-refractivity contribution in [1.29, 1.82) is 0 Å². The highest BCUT2D eigenvalue weighted by atomic mass is 35.5. The van der Waals surface area contributed by atoms with E-state index in [1.165, 1.54) is 5.01 Å². The molecule has 0 radical (unpaired) electrons. The van der Waals surface area contributed by atoms with Crippen LogP contribution in [0.5, 0.6) is 0 Å². The number of hydrogen-bond acceptors (Lipinski definition) is 6. The van der Waals surface area contributed by atoms with Gasteiger partial charge >= 0.3 is 0 Å². The van der Waals surface area contributed by atoms with Gasteiger partial charge in [-0.2, -0.15) is 5.11 Å². The number of carbonyl (C=O) groups excluding carboxylic acids is 3. The van der Waals surface area contributed by atoms with Gasteiger partial charge in [0.05, 0.1) is 16.4 Å². The van der Waals surface area contributed by atoms with E-state index in [0.29, 0.717) is 22.3 Å². The van der Waals surface area contributed by atoms with E-state index >= 15 is 0 Å². The molecular formula is C22H22ClN5O3. The minimum Gasteiger partial charge on any atom is -0.323 e. The zero-order valence-electron chi connectivity index (χ0n) is 17.4. The van der Waals surface area contributed by atoms with Crippen LogP contribution in [0.1, 0.15) is 30.9 Å². The Hall–Kier alpha value is -3.26. The van der Waals surface area contributed by atoms with Crippen LogP contribution >= 0.6 is 11.6 Å². The number of nitrogens with zero attached hydrogens (tertiary/aromatic N) is 4. The number of aryl methyl sites for hydroxylation is 1. The fourth-order valence-corrected chi connectivity index (χ4v) is 3.96. The van der Waals surface area contributed by atoms with Crippen molar-refractivity contribution in [1.82, 2.24) is 5.01 Å². The van der Waals surface area contributed by atoms with Gasteiger partial charge in [0.15, 0.2) is 12.1 Å². The predicted octanol–water partition coefficient (Wildman–Crippen LogP) is 3.70. The monoisotopic (exact) mass is 439 g/mol. The molecule has 2 heterocycles. The molecule has 2 aromatic rings. The molecule has 8 nitrogen and oxygen atoms in total. The van der Waals surface area contributed by atoms with Crippen LogP contribution in [-0.2, 0) is 14.4 Å². The van der Waals surface area contributed by atoms with E-state index in [-0.39, 0.29) is 6.54 Å². The summed E-state index contributed by atoms with van der Waals surface area (Å²) < 4.78 is 0. The van der Waals surface area contributed by atoms with Gasteiger partial charge in [0.2, 0.25) is 5.91 Å². The van der Waals surface area contributed by atoms with Gasteiger partial charge in [-0.25, -0.2) is 4.90 Å². The van der Waals surface area contributed by atoms with Gasteiger partial charge in [0, 0.05) is 0 Å². The van der Waals surface area contributed by atoms with Crippen molar-refractivity contribution in [2.24, 2.45) is 10.3 Å². The maximum absolute atomic E-state index is 13.0. The van der Waals surface area contributed by atoms with E-state index in [9.17, 15) is 14.4 Å². The van der Waals surface area contributed by atoms with Crippen molar-refractivity contribution in [3.8, 4) is 0 Å². The van der Waals surface area contributed by atoms with E-state index in [1.54, 1.807) is 24.3 Å². The van der Waals surface area contributed by atoms with Crippen LogP contribution in [0.3, 0.4) is 0 Å². The van der Waals surface area contributed by atoms with E-state index < -0.39 is 29.8 Å². The third-order valence-corrected chi connectivity index (χ3v) is 5.69. The van der Waals surface area contributed by atoms with E-state index in [0.717, 1.165) is 16.0 Å². The van der Waals surface area contributed by atoms with Crippen LogP contribution in [0.4, 0.5) is 11.4 Å². The van der Waals surface area contributed by atoms with Crippen LogP contribution in [0.15, 0.2) is 52.8 Å². The molecule has 2 aliphatic rings. The van der Waals surface area contributed by atoms with Crippen LogP contribution in [-0.4, -0.2) is 41.4 Å². The summed E-state index contributed by atoms with van der Waals surface area (Å²) in [6.07, 6.45) is 0. The number of halogens is 1. The van der Waals surface area contributed by atoms with Crippen molar-refractivity contribution in [2.45, 2.75) is 38.8 Å².